The summed E-state index contributed by atoms with van der Waals surface area (Å²) < 4.78 is 6.24. The fourth-order valence-electron chi connectivity index (χ4n) is 2.68. The molecule has 0 saturated heterocycles. The van der Waals surface area contributed by atoms with E-state index < -0.39 is 0 Å². The molecule has 1 atom stereocenters. The molecule has 0 bridgehead atoms. The van der Waals surface area contributed by atoms with Crippen molar-refractivity contribution in [3.8, 4) is 5.75 Å². The third kappa shape index (κ3) is 2.04. The first-order chi connectivity index (χ1) is 9.59. The van der Waals surface area contributed by atoms with E-state index in [0.717, 1.165) is 39.7 Å². The fraction of sp³-hybridized carbons (Fsp3) is 0.294. The summed E-state index contributed by atoms with van der Waals surface area (Å²) in [4.78, 5) is 0. The lowest BCUT2D eigenvalue weighted by Gasteiger charge is -2.31. The molecule has 2 aromatic rings. The van der Waals surface area contributed by atoms with Crippen molar-refractivity contribution in [1.29, 1.82) is 0 Å². The lowest BCUT2D eigenvalue weighted by Crippen LogP contribution is -2.25. The zero-order valence-corrected chi connectivity index (χ0v) is 12.7. The third-order valence-electron chi connectivity index (χ3n) is 4.06. The quantitative estimate of drug-likeness (QED) is 0.812. The Morgan fingerprint density at radius 1 is 1.05 bits per heavy atom. The zero-order chi connectivity index (χ0) is 14.3. The van der Waals surface area contributed by atoms with Crippen LogP contribution in [0.5, 0.6) is 5.75 Å². The average molecular weight is 288 g/mol. The highest BCUT2D eigenvalue weighted by atomic mass is 35.5. The van der Waals surface area contributed by atoms with Gasteiger partial charge in [-0.15, -0.1) is 0 Å². The summed E-state index contributed by atoms with van der Waals surface area (Å²) in [6, 6.07) is 10.3. The molecule has 1 aliphatic rings. The summed E-state index contributed by atoms with van der Waals surface area (Å²) in [5.74, 6) is 0.935. The van der Waals surface area contributed by atoms with Crippen molar-refractivity contribution >= 4 is 17.3 Å². The van der Waals surface area contributed by atoms with Crippen LogP contribution >= 0.6 is 11.6 Å². The van der Waals surface area contributed by atoms with Crippen molar-refractivity contribution in [3.63, 3.8) is 0 Å². The van der Waals surface area contributed by atoms with Crippen molar-refractivity contribution in [1.82, 2.24) is 0 Å². The van der Waals surface area contributed by atoms with E-state index in [4.69, 9.17) is 16.3 Å². The minimum Gasteiger partial charge on any atom is -0.481 e. The van der Waals surface area contributed by atoms with Crippen molar-refractivity contribution < 1.29 is 4.74 Å². The van der Waals surface area contributed by atoms with E-state index in [1.54, 1.807) is 0 Å². The second kappa shape index (κ2) is 5.02. The van der Waals surface area contributed by atoms with Gasteiger partial charge >= 0.3 is 0 Å². The number of nitrogens with one attached hydrogen (secondary N) is 1. The van der Waals surface area contributed by atoms with Gasteiger partial charge in [0.2, 0.25) is 0 Å². The minimum atomic E-state index is 0.0439. The molecule has 104 valence electrons. The first kappa shape index (κ1) is 13.3. The van der Waals surface area contributed by atoms with Crippen LogP contribution in [0.4, 0.5) is 5.69 Å². The van der Waals surface area contributed by atoms with E-state index in [2.05, 4.69) is 24.4 Å². The van der Waals surface area contributed by atoms with E-state index in [1.807, 2.05) is 32.0 Å². The van der Waals surface area contributed by atoms with Crippen LogP contribution in [0.1, 0.15) is 28.4 Å². The van der Waals surface area contributed by atoms with Crippen LogP contribution < -0.4 is 10.1 Å². The molecule has 0 amide bonds. The minimum absolute atomic E-state index is 0.0439. The molecule has 0 fully saturated rings. The molecule has 0 aromatic heterocycles. The van der Waals surface area contributed by atoms with E-state index in [0.29, 0.717) is 0 Å². The molecule has 0 radical (unpaired) electrons. The van der Waals surface area contributed by atoms with Crippen molar-refractivity contribution in [3.05, 3.63) is 57.6 Å². The SMILES string of the molecule is Cc1c(C)c2c(c(C)c1Cl)NC[C@@H](c1ccccc1)O2. The molecule has 3 heteroatoms. The molecule has 2 nitrogen and oxygen atoms in total. The second-order valence-electron chi connectivity index (χ2n) is 5.29. The van der Waals surface area contributed by atoms with Crippen LogP contribution in [0.3, 0.4) is 0 Å². The van der Waals surface area contributed by atoms with Gasteiger partial charge in [-0.05, 0) is 43.0 Å². The molecule has 1 heterocycles. The van der Waals surface area contributed by atoms with Gasteiger partial charge in [0.25, 0.3) is 0 Å². The van der Waals surface area contributed by atoms with Gasteiger partial charge in [-0.2, -0.15) is 0 Å². The third-order valence-corrected chi connectivity index (χ3v) is 4.63. The maximum Gasteiger partial charge on any atom is 0.146 e. The van der Waals surface area contributed by atoms with Crippen molar-refractivity contribution in [2.45, 2.75) is 26.9 Å². The van der Waals surface area contributed by atoms with Gasteiger partial charge in [-0.3, -0.25) is 0 Å². The molecule has 0 spiro atoms. The first-order valence-electron chi connectivity index (χ1n) is 6.84. The summed E-state index contributed by atoms with van der Waals surface area (Å²) in [6.07, 6.45) is 0.0439. The van der Waals surface area contributed by atoms with Gasteiger partial charge in [-0.1, -0.05) is 41.9 Å². The highest BCUT2D eigenvalue weighted by Crippen LogP contribution is 2.44. The Labute approximate surface area is 124 Å². The Bertz CT molecular complexity index is 652. The predicted octanol–water partition coefficient (Wildman–Crippen LogP) is 4.81. The molecule has 1 aliphatic heterocycles. The maximum absolute atomic E-state index is 6.38. The molecule has 2 aromatic carbocycles. The number of hydrogen-bond donors (Lipinski definition) is 1. The maximum atomic E-state index is 6.38. The van der Waals surface area contributed by atoms with E-state index in [1.165, 1.54) is 5.56 Å². The molecule has 3 rings (SSSR count). The Morgan fingerprint density at radius 2 is 1.75 bits per heavy atom. The van der Waals surface area contributed by atoms with Crippen LogP contribution in [-0.2, 0) is 0 Å². The van der Waals surface area contributed by atoms with E-state index in [-0.39, 0.29) is 6.10 Å². The van der Waals surface area contributed by atoms with Gasteiger partial charge in [-0.25, -0.2) is 0 Å². The van der Waals surface area contributed by atoms with Crippen LogP contribution in [0.15, 0.2) is 30.3 Å². The van der Waals surface area contributed by atoms with Gasteiger partial charge in [0.15, 0.2) is 0 Å². The monoisotopic (exact) mass is 287 g/mol. The van der Waals surface area contributed by atoms with Crippen molar-refractivity contribution in [2.24, 2.45) is 0 Å². The fourth-order valence-corrected chi connectivity index (χ4v) is 2.91. The number of anilines is 1. The summed E-state index contributed by atoms with van der Waals surface area (Å²) in [6.45, 7) is 6.90. The summed E-state index contributed by atoms with van der Waals surface area (Å²) in [5, 5.41) is 4.31. The van der Waals surface area contributed by atoms with Gasteiger partial charge in [0.1, 0.15) is 11.9 Å². The highest BCUT2D eigenvalue weighted by Gasteiger charge is 2.26. The number of hydrogen-bond acceptors (Lipinski definition) is 2. The predicted molar refractivity (Wildman–Crippen MR) is 84.0 cm³/mol. The normalized spacial score (nSPS) is 17.1. The Balaban J connectivity index is 2.04. The summed E-state index contributed by atoms with van der Waals surface area (Å²) >= 11 is 6.38. The average Bonchev–Trinajstić information content (AvgIpc) is 2.51. The Morgan fingerprint density at radius 3 is 2.45 bits per heavy atom. The molecule has 0 unspecified atom stereocenters. The van der Waals surface area contributed by atoms with Crippen LogP contribution in [0.25, 0.3) is 0 Å². The van der Waals surface area contributed by atoms with Gasteiger partial charge in [0, 0.05) is 5.02 Å². The number of ether oxygens (including phenoxy) is 1. The van der Waals surface area contributed by atoms with E-state index >= 15 is 0 Å². The highest BCUT2D eigenvalue weighted by molar-refractivity contribution is 6.32. The topological polar surface area (TPSA) is 21.3 Å². The Kier molecular flexibility index (Phi) is 3.35. The molecular weight excluding hydrogens is 270 g/mol. The summed E-state index contributed by atoms with van der Waals surface area (Å²) in [5.41, 5.74) is 5.50. The van der Waals surface area contributed by atoms with Crippen LogP contribution in [0.2, 0.25) is 5.02 Å². The number of fused-ring (bicyclic) bond motifs is 1. The van der Waals surface area contributed by atoms with Crippen molar-refractivity contribution in [2.75, 3.05) is 11.9 Å². The standard InChI is InChI=1S/C17H18ClNO/c1-10-11(2)17-16(12(3)15(10)18)19-9-14(20-17)13-7-5-4-6-8-13/h4-8,14,19H,9H2,1-3H3/t14-/m0/s1. The molecule has 1 N–H and O–H groups in total. The number of halogens is 1. The largest absolute Gasteiger partial charge is 0.481 e. The Hall–Kier alpha value is -1.67. The zero-order valence-electron chi connectivity index (χ0n) is 12.0. The van der Waals surface area contributed by atoms with Gasteiger partial charge < -0.3 is 10.1 Å². The van der Waals surface area contributed by atoms with E-state index in [9.17, 15) is 0 Å². The van der Waals surface area contributed by atoms with Gasteiger partial charge in [0.05, 0.1) is 12.2 Å². The molecule has 0 aliphatic carbocycles. The molecule has 0 saturated carbocycles. The number of benzene rings is 2. The van der Waals surface area contributed by atoms with Crippen LogP contribution in [0, 0.1) is 20.8 Å². The molecule has 20 heavy (non-hydrogen) atoms. The van der Waals surface area contributed by atoms with Crippen LogP contribution in [-0.4, -0.2) is 6.54 Å². The number of rotatable bonds is 1. The second-order valence-corrected chi connectivity index (χ2v) is 5.67. The lowest BCUT2D eigenvalue weighted by atomic mass is 10.00. The smallest absolute Gasteiger partial charge is 0.146 e. The lowest BCUT2D eigenvalue weighted by molar-refractivity contribution is 0.208. The first-order valence-corrected chi connectivity index (χ1v) is 7.22. The molecular formula is C17H18ClNO. The summed E-state index contributed by atoms with van der Waals surface area (Å²) in [7, 11) is 0.